The molecule has 0 spiro atoms. The van der Waals surface area contributed by atoms with Crippen LogP contribution in [0.3, 0.4) is 0 Å². The number of ether oxygens (including phenoxy) is 1. The molecule has 0 aromatic carbocycles. The number of methoxy groups -OCH3 is 1. The van der Waals surface area contributed by atoms with Gasteiger partial charge >= 0.3 is 5.97 Å². The maximum absolute atomic E-state index is 10.1. The molecule has 1 rings (SSSR count). The third kappa shape index (κ3) is 8.89. The van der Waals surface area contributed by atoms with E-state index in [0.717, 1.165) is 4.60 Å². The van der Waals surface area contributed by atoms with Crippen LogP contribution in [0.25, 0.3) is 0 Å². The molecular weight excluding hydrogens is 264 g/mol. The van der Waals surface area contributed by atoms with Gasteiger partial charge in [-0.15, -0.1) is 0 Å². The lowest BCUT2D eigenvalue weighted by Crippen LogP contribution is -2.21. The van der Waals surface area contributed by atoms with E-state index in [2.05, 4.69) is 31.0 Å². The Morgan fingerprint density at radius 2 is 2.40 bits per heavy atom. The van der Waals surface area contributed by atoms with Gasteiger partial charge in [0.05, 0.1) is 7.11 Å². The largest absolute Gasteiger partial charge is 0.468 e. The maximum atomic E-state index is 10.1. The van der Waals surface area contributed by atoms with Crippen molar-refractivity contribution in [3.05, 3.63) is 29.0 Å². The quantitative estimate of drug-likeness (QED) is 0.502. The lowest BCUT2D eigenvalue weighted by molar-refractivity contribution is -0.140. The number of halogens is 1. The number of carbonyl (C=O) groups is 2. The van der Waals surface area contributed by atoms with Crippen molar-refractivity contribution in [3.8, 4) is 0 Å². The number of esters is 1. The van der Waals surface area contributed by atoms with Gasteiger partial charge in [0.1, 0.15) is 11.1 Å². The molecule has 0 aliphatic rings. The van der Waals surface area contributed by atoms with E-state index in [1.807, 2.05) is 18.2 Å². The van der Waals surface area contributed by atoms with Crippen LogP contribution in [-0.2, 0) is 14.3 Å². The SMILES string of the molecule is Brc1ccccn1.COC(=O)CNC=O. The molecule has 0 unspecified atom stereocenters. The van der Waals surface area contributed by atoms with Gasteiger partial charge in [-0.1, -0.05) is 6.07 Å². The summed E-state index contributed by atoms with van der Waals surface area (Å²) in [6.45, 7) is -0.0556. The molecule has 82 valence electrons. The summed E-state index contributed by atoms with van der Waals surface area (Å²) in [4.78, 5) is 23.5. The normalized spacial score (nSPS) is 8.13. The molecule has 1 aromatic heterocycles. The first-order valence-corrected chi connectivity index (χ1v) is 4.80. The number of aromatic nitrogens is 1. The van der Waals surface area contributed by atoms with Crippen LogP contribution < -0.4 is 5.32 Å². The second-order valence-corrected chi connectivity index (χ2v) is 3.04. The summed E-state index contributed by atoms with van der Waals surface area (Å²) in [7, 11) is 1.26. The van der Waals surface area contributed by atoms with Gasteiger partial charge in [0, 0.05) is 6.20 Å². The molecule has 15 heavy (non-hydrogen) atoms. The topological polar surface area (TPSA) is 68.3 Å². The van der Waals surface area contributed by atoms with Gasteiger partial charge < -0.3 is 10.1 Å². The van der Waals surface area contributed by atoms with Crippen LogP contribution in [0.5, 0.6) is 0 Å². The molecule has 0 saturated carbocycles. The summed E-state index contributed by atoms with van der Waals surface area (Å²) < 4.78 is 5.08. The minimum absolute atomic E-state index is 0.0556. The number of amides is 1. The Labute approximate surface area is 96.0 Å². The van der Waals surface area contributed by atoms with Crippen LogP contribution in [0.1, 0.15) is 0 Å². The van der Waals surface area contributed by atoms with Crippen LogP contribution >= 0.6 is 15.9 Å². The molecule has 0 radical (unpaired) electrons. The molecule has 1 aromatic rings. The Hall–Kier alpha value is -1.43. The average Bonchev–Trinajstić information content (AvgIpc) is 2.28. The first-order chi connectivity index (χ1) is 7.20. The van der Waals surface area contributed by atoms with E-state index in [-0.39, 0.29) is 6.54 Å². The lowest BCUT2D eigenvalue weighted by Gasteiger charge is -1.93. The standard InChI is InChI=1S/C5H4BrN.C4H7NO3/c6-5-3-1-2-4-7-5;1-8-4(7)2-5-3-6/h1-4H;3H,2H2,1H3,(H,5,6). The predicted molar refractivity (Wildman–Crippen MR) is 58.0 cm³/mol. The van der Waals surface area contributed by atoms with Crippen molar-refractivity contribution in [1.82, 2.24) is 10.3 Å². The van der Waals surface area contributed by atoms with E-state index < -0.39 is 5.97 Å². The van der Waals surface area contributed by atoms with Gasteiger partial charge in [0.15, 0.2) is 0 Å². The van der Waals surface area contributed by atoms with E-state index in [9.17, 15) is 9.59 Å². The highest BCUT2D eigenvalue weighted by molar-refractivity contribution is 9.10. The summed E-state index contributed by atoms with van der Waals surface area (Å²) in [5, 5.41) is 2.14. The first kappa shape index (κ1) is 13.6. The van der Waals surface area contributed by atoms with E-state index in [0.29, 0.717) is 6.41 Å². The molecule has 0 saturated heterocycles. The zero-order valence-corrected chi connectivity index (χ0v) is 9.73. The van der Waals surface area contributed by atoms with Crippen molar-refractivity contribution in [2.24, 2.45) is 0 Å². The Morgan fingerprint density at radius 3 is 2.73 bits per heavy atom. The fourth-order valence-corrected chi connectivity index (χ4v) is 0.810. The highest BCUT2D eigenvalue weighted by atomic mass is 79.9. The zero-order chi connectivity index (χ0) is 11.5. The Bertz CT molecular complexity index is 293. The number of rotatable bonds is 3. The highest BCUT2D eigenvalue weighted by Crippen LogP contribution is 2.00. The Morgan fingerprint density at radius 1 is 1.67 bits per heavy atom. The summed E-state index contributed by atoms with van der Waals surface area (Å²) in [5.74, 6) is -0.447. The molecule has 0 aliphatic carbocycles. The van der Waals surface area contributed by atoms with Gasteiger partial charge in [-0.2, -0.15) is 0 Å². The minimum atomic E-state index is -0.447. The second kappa shape index (κ2) is 9.14. The Balaban J connectivity index is 0.000000262. The molecule has 0 bridgehead atoms. The summed E-state index contributed by atoms with van der Waals surface area (Å²) in [6.07, 6.45) is 2.18. The number of carbonyl (C=O) groups excluding carboxylic acids is 2. The second-order valence-electron chi connectivity index (χ2n) is 2.23. The van der Waals surface area contributed by atoms with Crippen molar-refractivity contribution in [2.75, 3.05) is 13.7 Å². The maximum Gasteiger partial charge on any atom is 0.325 e. The number of pyridine rings is 1. The number of hydrogen-bond acceptors (Lipinski definition) is 4. The molecule has 6 heteroatoms. The van der Waals surface area contributed by atoms with Gasteiger partial charge in [0.25, 0.3) is 0 Å². The fraction of sp³-hybridized carbons (Fsp3) is 0.222. The number of nitrogens with zero attached hydrogens (tertiary/aromatic N) is 1. The highest BCUT2D eigenvalue weighted by Gasteiger charge is 1.93. The molecule has 1 heterocycles. The molecular formula is C9H11BrN2O3. The molecule has 0 fully saturated rings. The minimum Gasteiger partial charge on any atom is -0.468 e. The van der Waals surface area contributed by atoms with Crippen molar-refractivity contribution in [2.45, 2.75) is 0 Å². The molecule has 1 amide bonds. The van der Waals surface area contributed by atoms with Crippen molar-refractivity contribution < 1.29 is 14.3 Å². The third-order valence-electron chi connectivity index (χ3n) is 1.19. The molecule has 1 N–H and O–H groups in total. The zero-order valence-electron chi connectivity index (χ0n) is 8.14. The van der Waals surface area contributed by atoms with E-state index in [4.69, 9.17) is 0 Å². The van der Waals surface area contributed by atoms with Crippen molar-refractivity contribution >= 4 is 28.3 Å². The van der Waals surface area contributed by atoms with Gasteiger partial charge in [-0.3, -0.25) is 9.59 Å². The smallest absolute Gasteiger partial charge is 0.325 e. The molecule has 0 atom stereocenters. The van der Waals surface area contributed by atoms with Crippen LogP contribution in [0.2, 0.25) is 0 Å². The predicted octanol–water partition coefficient (Wildman–Crippen LogP) is 0.749. The van der Waals surface area contributed by atoms with Crippen LogP contribution in [0, 0.1) is 0 Å². The number of hydrogen-bond donors (Lipinski definition) is 1. The summed E-state index contributed by atoms with van der Waals surface area (Å²) in [6, 6.07) is 5.70. The number of nitrogens with one attached hydrogen (secondary N) is 1. The summed E-state index contributed by atoms with van der Waals surface area (Å²) >= 11 is 3.20. The molecule has 0 aliphatic heterocycles. The van der Waals surface area contributed by atoms with Crippen LogP contribution in [-0.4, -0.2) is 31.0 Å². The van der Waals surface area contributed by atoms with Crippen molar-refractivity contribution in [3.63, 3.8) is 0 Å². The van der Waals surface area contributed by atoms with Crippen molar-refractivity contribution in [1.29, 1.82) is 0 Å². The van der Waals surface area contributed by atoms with Gasteiger partial charge in [-0.05, 0) is 28.1 Å². The molecule has 5 nitrogen and oxygen atoms in total. The fourth-order valence-electron chi connectivity index (χ4n) is 0.539. The van der Waals surface area contributed by atoms with Crippen LogP contribution in [0.4, 0.5) is 0 Å². The van der Waals surface area contributed by atoms with E-state index in [1.165, 1.54) is 7.11 Å². The van der Waals surface area contributed by atoms with Crippen LogP contribution in [0.15, 0.2) is 29.0 Å². The van der Waals surface area contributed by atoms with E-state index >= 15 is 0 Å². The monoisotopic (exact) mass is 274 g/mol. The van der Waals surface area contributed by atoms with Gasteiger partial charge in [-0.25, -0.2) is 4.98 Å². The first-order valence-electron chi connectivity index (χ1n) is 4.01. The van der Waals surface area contributed by atoms with E-state index in [1.54, 1.807) is 6.20 Å². The average molecular weight is 275 g/mol. The lowest BCUT2D eigenvalue weighted by atomic mass is 10.5. The van der Waals surface area contributed by atoms with Gasteiger partial charge in [0.2, 0.25) is 6.41 Å². The third-order valence-corrected chi connectivity index (χ3v) is 1.66. The Kier molecular flexibility index (Phi) is 8.27. The summed E-state index contributed by atoms with van der Waals surface area (Å²) in [5.41, 5.74) is 0.